The van der Waals surface area contributed by atoms with Gasteiger partial charge in [-0.2, -0.15) is 0 Å². The monoisotopic (exact) mass is 494 g/mol. The van der Waals surface area contributed by atoms with Crippen LogP contribution in [0, 0.1) is 17.5 Å². The van der Waals surface area contributed by atoms with Crippen LogP contribution in [0.25, 0.3) is 0 Å². The van der Waals surface area contributed by atoms with Gasteiger partial charge in [0.15, 0.2) is 17.4 Å². The summed E-state index contributed by atoms with van der Waals surface area (Å²) in [7, 11) is -3.30. The Labute approximate surface area is 192 Å². The number of benzene rings is 2. The zero-order valence-corrected chi connectivity index (χ0v) is 18.5. The van der Waals surface area contributed by atoms with Crippen LogP contribution >= 0.6 is 0 Å². The van der Waals surface area contributed by atoms with Crippen molar-refractivity contribution >= 4 is 39.0 Å². The van der Waals surface area contributed by atoms with Crippen molar-refractivity contribution in [2.45, 2.75) is 11.8 Å². The molecule has 0 fully saturated rings. The van der Waals surface area contributed by atoms with E-state index in [2.05, 4.69) is 15.6 Å². The molecule has 0 bridgehead atoms. The fraction of sp³-hybridized carbons (Fsp3) is 0.0952. The zero-order chi connectivity index (χ0) is 25.0. The molecular weight excluding hydrogens is 477 g/mol. The number of nitrogens with zero attached hydrogens (tertiary/aromatic N) is 1. The summed E-state index contributed by atoms with van der Waals surface area (Å²) < 4.78 is 74.8. The molecule has 9 nitrogen and oxygen atoms in total. The number of hydrogen-bond acceptors (Lipinski definition) is 6. The highest BCUT2D eigenvalue weighted by atomic mass is 32.2. The minimum absolute atomic E-state index is 0.0533. The minimum Gasteiger partial charge on any atom is -0.494 e. The van der Waals surface area contributed by atoms with Crippen LogP contribution < -0.4 is 20.1 Å². The maximum atomic E-state index is 15.0. The first-order valence-corrected chi connectivity index (χ1v) is 10.9. The van der Waals surface area contributed by atoms with E-state index in [1.165, 1.54) is 26.2 Å². The van der Waals surface area contributed by atoms with Crippen molar-refractivity contribution in [3.63, 3.8) is 0 Å². The lowest BCUT2D eigenvalue weighted by Gasteiger charge is -2.13. The second-order valence-corrected chi connectivity index (χ2v) is 8.44. The van der Waals surface area contributed by atoms with Crippen molar-refractivity contribution in [2.24, 2.45) is 0 Å². The third-order valence-corrected chi connectivity index (χ3v) is 5.68. The van der Waals surface area contributed by atoms with Gasteiger partial charge in [-0.1, -0.05) is 0 Å². The van der Waals surface area contributed by atoms with Crippen LogP contribution in [0.5, 0.6) is 5.75 Å². The first kappa shape index (κ1) is 24.5. The van der Waals surface area contributed by atoms with Crippen molar-refractivity contribution in [1.29, 1.82) is 0 Å². The van der Waals surface area contributed by atoms with Crippen LogP contribution in [-0.2, 0) is 14.8 Å². The van der Waals surface area contributed by atoms with E-state index in [9.17, 15) is 31.2 Å². The van der Waals surface area contributed by atoms with Gasteiger partial charge in [-0.3, -0.25) is 14.3 Å². The van der Waals surface area contributed by atoms with Crippen LogP contribution in [0.15, 0.2) is 53.6 Å². The number of pyridine rings is 1. The standard InChI is InChI=1S/C21H17F3N4O5S/c1-11(29)26-18-8-3-12(10-25-18)27-21(30)19-14(22)5-6-16(20(19)24)28-34(31,32)13-4-7-17(33-2)15(23)9-13/h3-10,28H,1-2H3,(H,27,30)(H,25,26,29). The summed E-state index contributed by atoms with van der Waals surface area (Å²) in [4.78, 5) is 26.8. The van der Waals surface area contributed by atoms with Gasteiger partial charge in [-0.05, 0) is 42.5 Å². The molecule has 3 N–H and O–H groups in total. The van der Waals surface area contributed by atoms with Gasteiger partial charge in [0, 0.05) is 6.92 Å². The highest BCUT2D eigenvalue weighted by Gasteiger charge is 2.24. The second kappa shape index (κ2) is 9.79. The topological polar surface area (TPSA) is 126 Å². The predicted molar refractivity (Wildman–Crippen MR) is 117 cm³/mol. The number of anilines is 3. The van der Waals surface area contributed by atoms with E-state index in [-0.39, 0.29) is 23.2 Å². The third-order valence-electron chi connectivity index (χ3n) is 4.32. The molecular formula is C21H17F3N4O5S. The first-order valence-electron chi connectivity index (χ1n) is 9.41. The lowest BCUT2D eigenvalue weighted by molar-refractivity contribution is -0.114. The molecule has 3 rings (SSSR count). The Hall–Kier alpha value is -4.13. The molecule has 0 unspecified atom stereocenters. The molecule has 0 spiro atoms. The van der Waals surface area contributed by atoms with Gasteiger partial charge < -0.3 is 15.4 Å². The van der Waals surface area contributed by atoms with Gasteiger partial charge >= 0.3 is 0 Å². The number of sulfonamides is 1. The number of aromatic nitrogens is 1. The molecule has 1 heterocycles. The number of carbonyl (C=O) groups is 2. The minimum atomic E-state index is -4.50. The number of rotatable bonds is 7. The Morgan fingerprint density at radius 3 is 2.29 bits per heavy atom. The van der Waals surface area contributed by atoms with Gasteiger partial charge in [0.25, 0.3) is 15.9 Å². The average molecular weight is 494 g/mol. The number of nitrogens with one attached hydrogen (secondary N) is 3. The van der Waals surface area contributed by atoms with Gasteiger partial charge in [-0.25, -0.2) is 26.6 Å². The molecule has 178 valence electrons. The molecule has 34 heavy (non-hydrogen) atoms. The van der Waals surface area contributed by atoms with E-state index in [1.807, 2.05) is 4.72 Å². The SMILES string of the molecule is COc1ccc(S(=O)(=O)Nc2ccc(F)c(C(=O)Nc3ccc(NC(C)=O)nc3)c2F)cc1F. The number of methoxy groups -OCH3 is 1. The maximum absolute atomic E-state index is 15.0. The molecule has 0 aliphatic heterocycles. The van der Waals surface area contributed by atoms with Crippen molar-refractivity contribution in [3.05, 3.63) is 71.7 Å². The number of amides is 2. The number of carbonyl (C=O) groups excluding carboxylic acids is 2. The van der Waals surface area contributed by atoms with Crippen LogP contribution in [0.3, 0.4) is 0 Å². The summed E-state index contributed by atoms with van der Waals surface area (Å²) in [5, 5.41) is 4.64. The Morgan fingerprint density at radius 1 is 0.971 bits per heavy atom. The lowest BCUT2D eigenvalue weighted by atomic mass is 10.1. The highest BCUT2D eigenvalue weighted by Crippen LogP contribution is 2.27. The molecule has 0 saturated heterocycles. The van der Waals surface area contributed by atoms with Crippen LogP contribution in [0.1, 0.15) is 17.3 Å². The van der Waals surface area contributed by atoms with Crippen LogP contribution in [0.4, 0.5) is 30.4 Å². The number of ether oxygens (including phenoxy) is 1. The van der Waals surface area contributed by atoms with Gasteiger partial charge in [0.2, 0.25) is 5.91 Å². The molecule has 13 heteroatoms. The summed E-state index contributed by atoms with van der Waals surface area (Å²) in [6, 6.07) is 6.91. The van der Waals surface area contributed by atoms with Crippen LogP contribution in [-0.4, -0.2) is 32.3 Å². The van der Waals surface area contributed by atoms with E-state index in [4.69, 9.17) is 4.74 Å². The van der Waals surface area contributed by atoms with Crippen LogP contribution in [0.2, 0.25) is 0 Å². The van der Waals surface area contributed by atoms with E-state index in [1.54, 1.807) is 0 Å². The molecule has 0 aliphatic carbocycles. The Bertz CT molecular complexity index is 1370. The molecule has 3 aromatic rings. The number of hydrogen-bond donors (Lipinski definition) is 3. The largest absolute Gasteiger partial charge is 0.494 e. The molecule has 0 aliphatic rings. The predicted octanol–water partition coefficient (Wildman–Crippen LogP) is 3.52. The highest BCUT2D eigenvalue weighted by molar-refractivity contribution is 7.92. The lowest BCUT2D eigenvalue weighted by Crippen LogP contribution is -2.19. The van der Waals surface area contributed by atoms with Crippen molar-refractivity contribution in [3.8, 4) is 5.75 Å². The Kier molecular flexibility index (Phi) is 7.05. The third kappa shape index (κ3) is 5.43. The zero-order valence-electron chi connectivity index (χ0n) is 17.6. The van der Waals surface area contributed by atoms with Crippen molar-refractivity contribution in [2.75, 3.05) is 22.5 Å². The fourth-order valence-corrected chi connectivity index (χ4v) is 3.84. The van der Waals surface area contributed by atoms with Crippen molar-refractivity contribution < 1.29 is 35.9 Å². The van der Waals surface area contributed by atoms with Gasteiger partial charge in [0.05, 0.1) is 29.6 Å². The number of halogens is 3. The smallest absolute Gasteiger partial charge is 0.262 e. The first-order chi connectivity index (χ1) is 16.0. The van der Waals surface area contributed by atoms with Gasteiger partial charge in [0.1, 0.15) is 17.2 Å². The second-order valence-electron chi connectivity index (χ2n) is 6.75. The molecule has 1 aromatic heterocycles. The Balaban J connectivity index is 1.86. The summed E-state index contributed by atoms with van der Waals surface area (Å²) >= 11 is 0. The van der Waals surface area contributed by atoms with E-state index >= 15 is 0 Å². The molecule has 2 aromatic carbocycles. The summed E-state index contributed by atoms with van der Waals surface area (Å²) in [5.41, 5.74) is -1.74. The van der Waals surface area contributed by atoms with E-state index in [0.29, 0.717) is 12.1 Å². The summed E-state index contributed by atoms with van der Waals surface area (Å²) in [6.45, 7) is 1.27. The van der Waals surface area contributed by atoms with E-state index < -0.39 is 49.5 Å². The summed E-state index contributed by atoms with van der Waals surface area (Å²) in [6.07, 6.45) is 1.14. The Morgan fingerprint density at radius 2 is 1.71 bits per heavy atom. The molecule has 0 atom stereocenters. The molecule has 2 amide bonds. The normalized spacial score (nSPS) is 11.0. The summed E-state index contributed by atoms with van der Waals surface area (Å²) in [5.74, 6) is -5.32. The van der Waals surface area contributed by atoms with Gasteiger partial charge in [-0.15, -0.1) is 0 Å². The molecule has 0 saturated carbocycles. The quantitative estimate of drug-likeness (QED) is 0.461. The fourth-order valence-electron chi connectivity index (χ4n) is 2.77. The van der Waals surface area contributed by atoms with E-state index in [0.717, 1.165) is 24.4 Å². The maximum Gasteiger partial charge on any atom is 0.262 e. The molecule has 0 radical (unpaired) electrons. The average Bonchev–Trinajstić information content (AvgIpc) is 2.76. The van der Waals surface area contributed by atoms with Crippen molar-refractivity contribution in [1.82, 2.24) is 4.98 Å².